The average Bonchev–Trinajstić information content (AvgIpc) is 2.78. The van der Waals surface area contributed by atoms with Crippen LogP contribution < -0.4 is 15.0 Å². The molecule has 1 atom stereocenters. The van der Waals surface area contributed by atoms with Crippen LogP contribution in [0.4, 0.5) is 20.6 Å². The van der Waals surface area contributed by atoms with E-state index in [1.807, 2.05) is 6.92 Å². The lowest BCUT2D eigenvalue weighted by molar-refractivity contribution is 0.0663. The molecule has 1 saturated heterocycles. The maximum absolute atomic E-state index is 13.1. The maximum atomic E-state index is 13.1. The SMILES string of the molecule is CCCOC(=O)Nc1ccc(OCC(O)CN2CCN(c3ccc(F)cc3)CC2)cc1. The first-order valence-corrected chi connectivity index (χ1v) is 10.6. The molecule has 7 nitrogen and oxygen atoms in total. The van der Waals surface area contributed by atoms with E-state index in [4.69, 9.17) is 9.47 Å². The van der Waals surface area contributed by atoms with Crippen LogP contribution in [-0.2, 0) is 4.74 Å². The van der Waals surface area contributed by atoms with Crippen molar-refractivity contribution in [3.8, 4) is 5.75 Å². The molecule has 0 aromatic heterocycles. The second-order valence-electron chi connectivity index (χ2n) is 7.51. The van der Waals surface area contributed by atoms with Crippen molar-refractivity contribution in [2.45, 2.75) is 19.4 Å². The Balaban J connectivity index is 1.36. The molecule has 0 bridgehead atoms. The number of hydrogen-bond acceptors (Lipinski definition) is 6. The molecule has 0 radical (unpaired) electrons. The predicted molar refractivity (Wildman–Crippen MR) is 118 cm³/mol. The van der Waals surface area contributed by atoms with Gasteiger partial charge in [0, 0.05) is 44.1 Å². The van der Waals surface area contributed by atoms with Crippen molar-refractivity contribution in [1.29, 1.82) is 0 Å². The van der Waals surface area contributed by atoms with Crippen molar-refractivity contribution in [3.05, 3.63) is 54.3 Å². The minimum Gasteiger partial charge on any atom is -0.491 e. The van der Waals surface area contributed by atoms with Crippen molar-refractivity contribution >= 4 is 17.5 Å². The van der Waals surface area contributed by atoms with Crippen LogP contribution in [0.15, 0.2) is 48.5 Å². The number of rotatable bonds is 9. The molecular formula is C23H30FN3O4. The van der Waals surface area contributed by atoms with E-state index in [0.29, 0.717) is 24.6 Å². The Labute approximate surface area is 182 Å². The molecule has 0 saturated carbocycles. The van der Waals surface area contributed by atoms with Crippen molar-refractivity contribution in [2.75, 3.05) is 56.2 Å². The molecule has 1 aliphatic rings. The van der Waals surface area contributed by atoms with E-state index in [1.165, 1.54) is 12.1 Å². The van der Waals surface area contributed by atoms with Crippen LogP contribution >= 0.6 is 0 Å². The molecule has 2 aromatic rings. The second-order valence-corrected chi connectivity index (χ2v) is 7.51. The van der Waals surface area contributed by atoms with Gasteiger partial charge in [-0.1, -0.05) is 6.92 Å². The van der Waals surface area contributed by atoms with Crippen molar-refractivity contribution in [2.24, 2.45) is 0 Å². The van der Waals surface area contributed by atoms with Gasteiger partial charge in [-0.15, -0.1) is 0 Å². The Kier molecular flexibility index (Phi) is 8.49. The van der Waals surface area contributed by atoms with E-state index >= 15 is 0 Å². The van der Waals surface area contributed by atoms with E-state index in [-0.39, 0.29) is 12.4 Å². The summed E-state index contributed by atoms with van der Waals surface area (Å²) in [4.78, 5) is 16.0. The van der Waals surface area contributed by atoms with Crippen molar-refractivity contribution in [3.63, 3.8) is 0 Å². The van der Waals surface area contributed by atoms with Gasteiger partial charge in [-0.3, -0.25) is 10.2 Å². The Bertz CT molecular complexity index is 809. The third kappa shape index (κ3) is 7.41. The van der Waals surface area contributed by atoms with Crippen LogP contribution in [0.5, 0.6) is 5.75 Å². The normalized spacial score (nSPS) is 15.4. The van der Waals surface area contributed by atoms with Gasteiger partial charge in [-0.25, -0.2) is 9.18 Å². The summed E-state index contributed by atoms with van der Waals surface area (Å²) in [6, 6.07) is 13.5. The van der Waals surface area contributed by atoms with Crippen molar-refractivity contribution < 1.29 is 23.8 Å². The summed E-state index contributed by atoms with van der Waals surface area (Å²) in [5.41, 5.74) is 1.63. The number of hydrogen-bond donors (Lipinski definition) is 2. The first-order valence-electron chi connectivity index (χ1n) is 10.6. The molecule has 3 rings (SSSR count). The third-order valence-corrected chi connectivity index (χ3v) is 5.01. The highest BCUT2D eigenvalue weighted by molar-refractivity contribution is 5.84. The molecule has 1 aliphatic heterocycles. The van der Waals surface area contributed by atoms with Crippen LogP contribution in [0.2, 0.25) is 0 Å². The fourth-order valence-corrected chi connectivity index (χ4v) is 3.37. The molecule has 2 N–H and O–H groups in total. The van der Waals surface area contributed by atoms with Gasteiger partial charge < -0.3 is 19.5 Å². The lowest BCUT2D eigenvalue weighted by Gasteiger charge is -2.36. The number of nitrogens with zero attached hydrogens (tertiary/aromatic N) is 2. The highest BCUT2D eigenvalue weighted by Gasteiger charge is 2.20. The molecule has 31 heavy (non-hydrogen) atoms. The monoisotopic (exact) mass is 431 g/mol. The quantitative estimate of drug-likeness (QED) is 0.634. The summed E-state index contributed by atoms with van der Waals surface area (Å²) in [7, 11) is 0. The zero-order valence-electron chi connectivity index (χ0n) is 17.8. The predicted octanol–water partition coefficient (Wildman–Crippen LogP) is 3.35. The average molecular weight is 432 g/mol. The number of ether oxygens (including phenoxy) is 2. The van der Waals surface area contributed by atoms with E-state index in [9.17, 15) is 14.3 Å². The van der Waals surface area contributed by atoms with E-state index < -0.39 is 12.2 Å². The summed E-state index contributed by atoms with van der Waals surface area (Å²) < 4.78 is 23.7. The summed E-state index contributed by atoms with van der Waals surface area (Å²) in [5, 5.41) is 13.0. The number of nitrogens with one attached hydrogen (secondary N) is 1. The van der Waals surface area contributed by atoms with Crippen LogP contribution in [0.3, 0.4) is 0 Å². The molecule has 0 spiro atoms. The van der Waals surface area contributed by atoms with Gasteiger partial charge in [0.1, 0.15) is 24.3 Å². The lowest BCUT2D eigenvalue weighted by atomic mass is 10.2. The van der Waals surface area contributed by atoms with Gasteiger partial charge in [0.2, 0.25) is 0 Å². The number of benzene rings is 2. The van der Waals surface area contributed by atoms with E-state index in [2.05, 4.69) is 15.1 Å². The van der Waals surface area contributed by atoms with Gasteiger partial charge in [-0.2, -0.15) is 0 Å². The van der Waals surface area contributed by atoms with Gasteiger partial charge in [0.25, 0.3) is 0 Å². The topological polar surface area (TPSA) is 74.3 Å². The Morgan fingerprint density at radius 1 is 1.10 bits per heavy atom. The number of aliphatic hydroxyl groups is 1. The number of aliphatic hydroxyl groups excluding tert-OH is 1. The number of halogens is 1. The van der Waals surface area contributed by atoms with Gasteiger partial charge in [-0.05, 0) is 55.0 Å². The highest BCUT2D eigenvalue weighted by Crippen LogP contribution is 2.18. The van der Waals surface area contributed by atoms with Crippen molar-refractivity contribution in [1.82, 2.24) is 4.90 Å². The molecule has 1 fully saturated rings. The van der Waals surface area contributed by atoms with Crippen LogP contribution in [0.1, 0.15) is 13.3 Å². The zero-order chi connectivity index (χ0) is 22.1. The van der Waals surface area contributed by atoms with Crippen LogP contribution in [0.25, 0.3) is 0 Å². The number of β-amino-alcohol motifs (C(OH)–C–C–N with tert-alkyl or cyclic N) is 1. The lowest BCUT2D eigenvalue weighted by Crippen LogP contribution is -2.49. The summed E-state index contributed by atoms with van der Waals surface area (Å²) >= 11 is 0. The fraction of sp³-hybridized carbons (Fsp3) is 0.435. The molecule has 1 unspecified atom stereocenters. The molecule has 2 aromatic carbocycles. The molecule has 0 aliphatic carbocycles. The minimum atomic E-state index is -0.612. The first kappa shape index (κ1) is 22.8. The van der Waals surface area contributed by atoms with Gasteiger partial charge in [0.15, 0.2) is 0 Å². The number of anilines is 2. The minimum absolute atomic E-state index is 0.184. The summed E-state index contributed by atoms with van der Waals surface area (Å²) in [6.07, 6.45) is -0.323. The first-order chi connectivity index (χ1) is 15.0. The number of piperazine rings is 1. The highest BCUT2D eigenvalue weighted by atomic mass is 19.1. The molecule has 1 amide bonds. The van der Waals surface area contributed by atoms with Crippen LogP contribution in [-0.4, -0.2) is 68.1 Å². The van der Waals surface area contributed by atoms with E-state index in [0.717, 1.165) is 38.3 Å². The second kappa shape index (κ2) is 11.5. The van der Waals surface area contributed by atoms with Crippen LogP contribution in [0, 0.1) is 5.82 Å². The largest absolute Gasteiger partial charge is 0.491 e. The van der Waals surface area contributed by atoms with E-state index in [1.54, 1.807) is 36.4 Å². The Morgan fingerprint density at radius 3 is 2.42 bits per heavy atom. The number of amides is 1. The maximum Gasteiger partial charge on any atom is 0.411 e. The summed E-state index contributed by atoms with van der Waals surface area (Å²) in [6.45, 7) is 6.33. The zero-order valence-corrected chi connectivity index (χ0v) is 17.8. The third-order valence-electron chi connectivity index (χ3n) is 5.01. The van der Waals surface area contributed by atoms with Gasteiger partial charge in [0.05, 0.1) is 6.61 Å². The molecule has 1 heterocycles. The Morgan fingerprint density at radius 2 is 1.77 bits per heavy atom. The molecular weight excluding hydrogens is 401 g/mol. The number of carbonyl (C=O) groups excluding carboxylic acids is 1. The fourth-order valence-electron chi connectivity index (χ4n) is 3.37. The van der Waals surface area contributed by atoms with Gasteiger partial charge >= 0.3 is 6.09 Å². The molecule has 168 valence electrons. The Hall–Kier alpha value is -2.84. The molecule has 8 heteroatoms. The number of carbonyl (C=O) groups is 1. The standard InChI is InChI=1S/C23H30FN3O4/c1-2-15-30-23(29)25-19-5-9-22(10-6-19)31-17-21(28)16-26-11-13-27(14-12-26)20-7-3-18(24)4-8-20/h3-10,21,28H,2,11-17H2,1H3,(H,25,29). The summed E-state index contributed by atoms with van der Waals surface area (Å²) in [5.74, 6) is 0.388. The smallest absolute Gasteiger partial charge is 0.411 e.